The van der Waals surface area contributed by atoms with Gasteiger partial charge in [0, 0.05) is 6.54 Å². The van der Waals surface area contributed by atoms with Gasteiger partial charge in [0.25, 0.3) is 0 Å². The minimum absolute atomic E-state index is 0.289. The number of piperidine rings is 1. The van der Waals surface area contributed by atoms with Gasteiger partial charge in [0.1, 0.15) is 12.4 Å². The van der Waals surface area contributed by atoms with Gasteiger partial charge in [-0.1, -0.05) is 6.92 Å². The zero-order chi connectivity index (χ0) is 13.7. The van der Waals surface area contributed by atoms with Crippen molar-refractivity contribution in [2.24, 2.45) is 5.92 Å². The van der Waals surface area contributed by atoms with Crippen LogP contribution in [0.4, 0.5) is 0 Å². The highest BCUT2D eigenvalue weighted by Crippen LogP contribution is 2.16. The van der Waals surface area contributed by atoms with Crippen LogP contribution in [0.1, 0.15) is 30.1 Å². The van der Waals surface area contributed by atoms with Crippen LogP contribution in [0, 0.1) is 5.92 Å². The number of carbonyl (C=O) groups is 1. The summed E-state index contributed by atoms with van der Waals surface area (Å²) < 4.78 is 5.64. The SMILES string of the molecule is CC1CCN(CCOc2ccc(C(=O)O)cc2)CC1. The Hall–Kier alpha value is -1.55. The molecule has 4 nitrogen and oxygen atoms in total. The quantitative estimate of drug-likeness (QED) is 0.886. The van der Waals surface area contributed by atoms with Gasteiger partial charge in [-0.25, -0.2) is 4.79 Å². The van der Waals surface area contributed by atoms with Gasteiger partial charge >= 0.3 is 5.97 Å². The Labute approximate surface area is 114 Å². The smallest absolute Gasteiger partial charge is 0.335 e. The molecule has 1 heterocycles. The number of nitrogens with zero attached hydrogens (tertiary/aromatic N) is 1. The fourth-order valence-electron chi connectivity index (χ4n) is 2.27. The van der Waals surface area contributed by atoms with Gasteiger partial charge in [-0.3, -0.25) is 4.90 Å². The average molecular weight is 263 g/mol. The summed E-state index contributed by atoms with van der Waals surface area (Å²) >= 11 is 0. The van der Waals surface area contributed by atoms with Crippen LogP contribution in [0.2, 0.25) is 0 Å². The zero-order valence-corrected chi connectivity index (χ0v) is 11.3. The summed E-state index contributed by atoms with van der Waals surface area (Å²) in [6.07, 6.45) is 2.54. The lowest BCUT2D eigenvalue weighted by Gasteiger charge is -2.29. The lowest BCUT2D eigenvalue weighted by molar-refractivity contribution is 0.0697. The molecule has 1 aliphatic rings. The molecule has 1 aromatic carbocycles. The van der Waals surface area contributed by atoms with Crippen LogP contribution in [-0.2, 0) is 0 Å². The summed E-state index contributed by atoms with van der Waals surface area (Å²) in [5.41, 5.74) is 0.289. The van der Waals surface area contributed by atoms with E-state index in [0.29, 0.717) is 6.61 Å². The molecule has 0 aromatic heterocycles. The van der Waals surface area contributed by atoms with Gasteiger partial charge in [-0.15, -0.1) is 0 Å². The highest BCUT2D eigenvalue weighted by molar-refractivity contribution is 5.87. The van der Waals surface area contributed by atoms with Crippen molar-refractivity contribution >= 4 is 5.97 Å². The van der Waals surface area contributed by atoms with Crippen molar-refractivity contribution in [1.82, 2.24) is 4.90 Å². The van der Waals surface area contributed by atoms with E-state index in [-0.39, 0.29) is 5.56 Å². The molecule has 0 spiro atoms. The maximum Gasteiger partial charge on any atom is 0.335 e. The first-order valence-electron chi connectivity index (χ1n) is 6.83. The second-order valence-corrected chi connectivity index (χ2v) is 5.20. The molecule has 0 amide bonds. The van der Waals surface area contributed by atoms with Gasteiger partial charge in [0.15, 0.2) is 0 Å². The Balaban J connectivity index is 1.72. The van der Waals surface area contributed by atoms with Gasteiger partial charge in [-0.05, 0) is 56.1 Å². The lowest BCUT2D eigenvalue weighted by Crippen LogP contribution is -2.35. The number of carboxylic acids is 1. The summed E-state index contributed by atoms with van der Waals surface area (Å²) in [4.78, 5) is 13.1. The molecule has 19 heavy (non-hydrogen) atoms. The van der Waals surface area contributed by atoms with Crippen LogP contribution in [-0.4, -0.2) is 42.2 Å². The topological polar surface area (TPSA) is 49.8 Å². The van der Waals surface area contributed by atoms with Crippen LogP contribution in [0.3, 0.4) is 0 Å². The second-order valence-electron chi connectivity index (χ2n) is 5.20. The maximum atomic E-state index is 10.7. The first-order chi connectivity index (χ1) is 9.15. The maximum absolute atomic E-state index is 10.7. The number of benzene rings is 1. The molecule has 4 heteroatoms. The van der Waals surface area contributed by atoms with E-state index in [1.807, 2.05) is 0 Å². The summed E-state index contributed by atoms with van der Waals surface area (Å²) in [5, 5.41) is 8.80. The third-order valence-electron chi connectivity index (χ3n) is 3.65. The molecule has 2 rings (SSSR count). The molecule has 1 saturated heterocycles. The van der Waals surface area contributed by atoms with E-state index in [1.165, 1.54) is 12.8 Å². The molecule has 1 fully saturated rings. The van der Waals surface area contributed by atoms with E-state index in [1.54, 1.807) is 24.3 Å². The van der Waals surface area contributed by atoms with Crippen LogP contribution < -0.4 is 4.74 Å². The van der Waals surface area contributed by atoms with Gasteiger partial charge < -0.3 is 9.84 Å². The van der Waals surface area contributed by atoms with Crippen LogP contribution in [0.5, 0.6) is 5.75 Å². The summed E-state index contributed by atoms with van der Waals surface area (Å²) in [6, 6.07) is 6.56. The highest BCUT2D eigenvalue weighted by Gasteiger charge is 2.15. The van der Waals surface area contributed by atoms with E-state index in [0.717, 1.165) is 31.3 Å². The molecule has 1 N–H and O–H groups in total. The predicted molar refractivity (Wildman–Crippen MR) is 73.7 cm³/mol. The lowest BCUT2D eigenvalue weighted by atomic mass is 9.99. The highest BCUT2D eigenvalue weighted by atomic mass is 16.5. The summed E-state index contributed by atoms with van der Waals surface area (Å²) in [6.45, 7) is 6.21. The van der Waals surface area contributed by atoms with E-state index in [2.05, 4.69) is 11.8 Å². The Morgan fingerprint density at radius 1 is 1.32 bits per heavy atom. The average Bonchev–Trinajstić information content (AvgIpc) is 2.41. The molecule has 0 saturated carbocycles. The first kappa shape index (κ1) is 13.9. The van der Waals surface area contributed by atoms with Crippen LogP contribution in [0.15, 0.2) is 24.3 Å². The van der Waals surface area contributed by atoms with Crippen LogP contribution in [0.25, 0.3) is 0 Å². The van der Waals surface area contributed by atoms with Crippen molar-refractivity contribution in [2.45, 2.75) is 19.8 Å². The molecule has 1 aliphatic heterocycles. The number of hydrogen-bond acceptors (Lipinski definition) is 3. The fraction of sp³-hybridized carbons (Fsp3) is 0.533. The molecule has 0 unspecified atom stereocenters. The Morgan fingerprint density at radius 2 is 1.95 bits per heavy atom. The third-order valence-corrected chi connectivity index (χ3v) is 3.65. The number of likely N-dealkylation sites (tertiary alicyclic amines) is 1. The number of aromatic carboxylic acids is 1. The number of hydrogen-bond donors (Lipinski definition) is 1. The normalized spacial score (nSPS) is 17.3. The van der Waals surface area contributed by atoms with Gasteiger partial charge in [0.05, 0.1) is 5.56 Å². The standard InChI is InChI=1S/C15H21NO3/c1-12-6-8-16(9-7-12)10-11-19-14-4-2-13(3-5-14)15(17)18/h2-5,12H,6-11H2,1H3,(H,17,18). The minimum atomic E-state index is -0.908. The number of rotatable bonds is 5. The number of ether oxygens (including phenoxy) is 1. The molecule has 0 bridgehead atoms. The van der Waals surface area contributed by atoms with Crippen molar-refractivity contribution in [3.05, 3.63) is 29.8 Å². The van der Waals surface area contributed by atoms with Crippen molar-refractivity contribution < 1.29 is 14.6 Å². The Kier molecular flexibility index (Phi) is 4.80. The first-order valence-corrected chi connectivity index (χ1v) is 6.83. The van der Waals surface area contributed by atoms with Crippen molar-refractivity contribution in [2.75, 3.05) is 26.2 Å². The predicted octanol–water partition coefficient (Wildman–Crippen LogP) is 2.50. The third kappa shape index (κ3) is 4.24. The molecule has 104 valence electrons. The largest absolute Gasteiger partial charge is 0.492 e. The molecule has 0 atom stereocenters. The van der Waals surface area contributed by atoms with E-state index >= 15 is 0 Å². The fourth-order valence-corrected chi connectivity index (χ4v) is 2.27. The summed E-state index contributed by atoms with van der Waals surface area (Å²) in [5.74, 6) is 0.671. The minimum Gasteiger partial charge on any atom is -0.492 e. The van der Waals surface area contributed by atoms with Crippen molar-refractivity contribution in [3.8, 4) is 5.75 Å². The second kappa shape index (κ2) is 6.57. The monoisotopic (exact) mass is 263 g/mol. The van der Waals surface area contributed by atoms with Crippen molar-refractivity contribution in [1.29, 1.82) is 0 Å². The Morgan fingerprint density at radius 3 is 2.53 bits per heavy atom. The molecule has 0 radical (unpaired) electrons. The number of carboxylic acid groups (broad SMARTS) is 1. The van der Waals surface area contributed by atoms with Gasteiger partial charge in [0.2, 0.25) is 0 Å². The van der Waals surface area contributed by atoms with Gasteiger partial charge in [-0.2, -0.15) is 0 Å². The van der Waals surface area contributed by atoms with Crippen molar-refractivity contribution in [3.63, 3.8) is 0 Å². The van der Waals surface area contributed by atoms with E-state index < -0.39 is 5.97 Å². The Bertz CT molecular complexity index is 408. The molecular formula is C15H21NO3. The van der Waals surface area contributed by atoms with Crippen LogP contribution >= 0.6 is 0 Å². The van der Waals surface area contributed by atoms with E-state index in [4.69, 9.17) is 9.84 Å². The molecule has 1 aromatic rings. The molecule has 0 aliphatic carbocycles. The molecular weight excluding hydrogens is 242 g/mol. The summed E-state index contributed by atoms with van der Waals surface area (Å²) in [7, 11) is 0. The van der Waals surface area contributed by atoms with E-state index in [9.17, 15) is 4.79 Å². The zero-order valence-electron chi connectivity index (χ0n) is 11.3.